The van der Waals surface area contributed by atoms with Gasteiger partial charge in [-0.05, 0) is 37.0 Å². The predicted octanol–water partition coefficient (Wildman–Crippen LogP) is 2.85. The van der Waals surface area contributed by atoms with Crippen molar-refractivity contribution < 1.29 is 9.90 Å². The highest BCUT2D eigenvalue weighted by Crippen LogP contribution is 2.14. The molecule has 0 aliphatic rings. The second-order valence-corrected chi connectivity index (χ2v) is 5.73. The molecule has 0 unspecified atom stereocenters. The molecule has 0 saturated carbocycles. The molecular weight excluding hydrogens is 262 g/mol. The van der Waals surface area contributed by atoms with E-state index in [2.05, 4.69) is 25.7 Å². The fraction of sp³-hybridized carbons (Fsp3) is 0.500. The first-order valence-electron chi connectivity index (χ1n) is 7.41. The van der Waals surface area contributed by atoms with Gasteiger partial charge in [0.1, 0.15) is 0 Å². The predicted molar refractivity (Wildman–Crippen MR) is 86.2 cm³/mol. The minimum absolute atomic E-state index is 0.00366. The number of nitrogens with zero attached hydrogens (tertiary/aromatic N) is 1. The number of hydrogen-bond donors (Lipinski definition) is 1. The van der Waals surface area contributed by atoms with Gasteiger partial charge in [0.05, 0.1) is 12.2 Å². The molecule has 0 aliphatic heterocycles. The van der Waals surface area contributed by atoms with Gasteiger partial charge in [-0.3, -0.25) is 4.79 Å². The van der Waals surface area contributed by atoms with E-state index in [0.29, 0.717) is 17.9 Å². The number of carbonyl (C=O) groups is 1. The van der Waals surface area contributed by atoms with Crippen molar-refractivity contribution in [1.82, 2.24) is 4.90 Å². The summed E-state index contributed by atoms with van der Waals surface area (Å²) in [5.74, 6) is 6.47. The molecule has 21 heavy (non-hydrogen) atoms. The van der Waals surface area contributed by atoms with E-state index >= 15 is 0 Å². The van der Waals surface area contributed by atoms with Gasteiger partial charge >= 0.3 is 0 Å². The Labute approximate surface area is 128 Å². The highest BCUT2D eigenvalue weighted by Gasteiger charge is 2.15. The molecule has 0 radical (unpaired) electrons. The van der Waals surface area contributed by atoms with Crippen molar-refractivity contribution in [3.63, 3.8) is 0 Å². The molecule has 0 fully saturated rings. The minimum Gasteiger partial charge on any atom is -0.395 e. The van der Waals surface area contributed by atoms with Crippen LogP contribution < -0.4 is 0 Å². The summed E-state index contributed by atoms with van der Waals surface area (Å²) in [5.41, 5.74) is 2.45. The van der Waals surface area contributed by atoms with Crippen molar-refractivity contribution in [2.75, 3.05) is 20.2 Å². The van der Waals surface area contributed by atoms with Crippen LogP contribution in [0.15, 0.2) is 18.2 Å². The Morgan fingerprint density at radius 1 is 1.38 bits per heavy atom. The average Bonchev–Trinajstić information content (AvgIpc) is 2.44. The molecule has 1 rings (SSSR count). The van der Waals surface area contributed by atoms with Crippen molar-refractivity contribution >= 4 is 5.91 Å². The van der Waals surface area contributed by atoms with Crippen molar-refractivity contribution in [3.05, 3.63) is 34.9 Å². The van der Waals surface area contributed by atoms with E-state index in [0.717, 1.165) is 24.1 Å². The molecule has 0 atom stereocenters. The van der Waals surface area contributed by atoms with E-state index in [4.69, 9.17) is 5.11 Å². The minimum atomic E-state index is 0.00366. The molecule has 1 N–H and O–H groups in total. The molecule has 3 nitrogen and oxygen atoms in total. The fourth-order valence-electron chi connectivity index (χ4n) is 1.92. The van der Waals surface area contributed by atoms with Gasteiger partial charge in [-0.2, -0.15) is 0 Å². The molecular formula is C18H25NO2. The highest BCUT2D eigenvalue weighted by molar-refractivity contribution is 5.96. The second-order valence-electron chi connectivity index (χ2n) is 5.73. The fourth-order valence-corrected chi connectivity index (χ4v) is 1.92. The first-order valence-corrected chi connectivity index (χ1v) is 7.41. The quantitative estimate of drug-likeness (QED) is 0.846. The normalized spacial score (nSPS) is 10.2. The van der Waals surface area contributed by atoms with E-state index < -0.39 is 0 Å². The Morgan fingerprint density at radius 2 is 2.10 bits per heavy atom. The molecule has 0 spiro atoms. The van der Waals surface area contributed by atoms with E-state index in [-0.39, 0.29) is 12.5 Å². The van der Waals surface area contributed by atoms with Crippen LogP contribution >= 0.6 is 0 Å². The monoisotopic (exact) mass is 287 g/mol. The first kappa shape index (κ1) is 17.3. The average molecular weight is 287 g/mol. The third kappa shape index (κ3) is 5.61. The molecule has 1 aromatic carbocycles. The zero-order valence-electron chi connectivity index (χ0n) is 13.4. The number of aliphatic hydroxyl groups is 1. The molecule has 114 valence electrons. The van der Waals surface area contributed by atoms with Crippen LogP contribution in [0.3, 0.4) is 0 Å². The van der Waals surface area contributed by atoms with Gasteiger partial charge < -0.3 is 10.0 Å². The Hall–Kier alpha value is -1.79. The highest BCUT2D eigenvalue weighted by atomic mass is 16.2. The molecule has 0 heterocycles. The topological polar surface area (TPSA) is 40.5 Å². The number of aliphatic hydroxyl groups excluding tert-OH is 1. The Bertz CT molecular complexity index is 538. The maximum absolute atomic E-state index is 12.5. The van der Waals surface area contributed by atoms with E-state index in [1.165, 1.54) is 0 Å². The zero-order chi connectivity index (χ0) is 15.8. The van der Waals surface area contributed by atoms with Crippen LogP contribution in [0.5, 0.6) is 0 Å². The molecule has 0 saturated heterocycles. The third-order valence-electron chi connectivity index (χ3n) is 3.25. The third-order valence-corrected chi connectivity index (χ3v) is 3.25. The molecule has 1 aromatic rings. The largest absolute Gasteiger partial charge is 0.395 e. The summed E-state index contributed by atoms with van der Waals surface area (Å²) in [6.07, 6.45) is 1.41. The van der Waals surface area contributed by atoms with Crippen molar-refractivity contribution in [2.45, 2.75) is 33.6 Å². The maximum atomic E-state index is 12.5. The van der Waals surface area contributed by atoms with Gasteiger partial charge in [-0.1, -0.05) is 31.8 Å². The van der Waals surface area contributed by atoms with Crippen LogP contribution in [0, 0.1) is 24.7 Å². The second kappa shape index (κ2) is 8.49. The Balaban J connectivity index is 2.95. The van der Waals surface area contributed by atoms with Gasteiger partial charge in [0, 0.05) is 25.6 Å². The van der Waals surface area contributed by atoms with Crippen LogP contribution in [0.2, 0.25) is 0 Å². The number of benzene rings is 1. The summed E-state index contributed by atoms with van der Waals surface area (Å²) in [5, 5.41) is 8.81. The van der Waals surface area contributed by atoms with Crippen molar-refractivity contribution in [3.8, 4) is 11.8 Å². The van der Waals surface area contributed by atoms with E-state index in [1.54, 1.807) is 4.90 Å². The number of rotatable bonds is 5. The van der Waals surface area contributed by atoms with Gasteiger partial charge in [0.15, 0.2) is 0 Å². The Kier molecular flexibility index (Phi) is 6.98. The summed E-state index contributed by atoms with van der Waals surface area (Å²) in [4.78, 5) is 14.3. The molecule has 0 aromatic heterocycles. The van der Waals surface area contributed by atoms with Crippen LogP contribution in [-0.2, 0) is 0 Å². The van der Waals surface area contributed by atoms with Gasteiger partial charge in [-0.15, -0.1) is 0 Å². The van der Waals surface area contributed by atoms with Gasteiger partial charge in [-0.25, -0.2) is 0 Å². The smallest absolute Gasteiger partial charge is 0.254 e. The van der Waals surface area contributed by atoms with E-state index in [9.17, 15) is 4.79 Å². The summed E-state index contributed by atoms with van der Waals surface area (Å²) >= 11 is 0. The van der Waals surface area contributed by atoms with Crippen LogP contribution in [0.1, 0.15) is 48.2 Å². The maximum Gasteiger partial charge on any atom is 0.254 e. The van der Waals surface area contributed by atoms with Crippen molar-refractivity contribution in [2.24, 2.45) is 5.92 Å². The molecule has 0 aliphatic carbocycles. The van der Waals surface area contributed by atoms with Crippen molar-refractivity contribution in [1.29, 1.82) is 0 Å². The number of carbonyl (C=O) groups excluding carboxylic acids is 1. The summed E-state index contributed by atoms with van der Waals surface area (Å²) in [6, 6.07) is 5.70. The van der Waals surface area contributed by atoms with Crippen LogP contribution in [-0.4, -0.2) is 36.1 Å². The lowest BCUT2D eigenvalue weighted by Crippen LogP contribution is -2.29. The molecule has 1 amide bonds. The summed E-state index contributed by atoms with van der Waals surface area (Å²) in [6.45, 7) is 7.06. The summed E-state index contributed by atoms with van der Waals surface area (Å²) < 4.78 is 0. The summed E-state index contributed by atoms with van der Waals surface area (Å²) in [7, 11) is 1.83. The lowest BCUT2D eigenvalue weighted by molar-refractivity contribution is 0.0789. The van der Waals surface area contributed by atoms with E-state index in [1.807, 2.05) is 32.2 Å². The zero-order valence-corrected chi connectivity index (χ0v) is 13.4. The Morgan fingerprint density at radius 3 is 2.71 bits per heavy atom. The number of amides is 1. The van der Waals surface area contributed by atoms with Gasteiger partial charge in [0.25, 0.3) is 5.91 Å². The lowest BCUT2D eigenvalue weighted by atomic mass is 10.0. The number of hydrogen-bond acceptors (Lipinski definition) is 2. The van der Waals surface area contributed by atoms with Crippen LogP contribution in [0.4, 0.5) is 0 Å². The first-order chi connectivity index (χ1) is 9.95. The standard InChI is InChI=1S/C18H25NO2/c1-14(2)10-11-19(4)18(21)17-9-8-15(3)13-16(17)7-5-6-12-20/h8-9,13-14,20H,6,10-12H2,1-4H3. The molecule has 0 bridgehead atoms. The lowest BCUT2D eigenvalue weighted by Gasteiger charge is -2.19. The van der Waals surface area contributed by atoms with Crippen LogP contribution in [0.25, 0.3) is 0 Å². The SMILES string of the molecule is Cc1ccc(C(=O)N(C)CCC(C)C)c(C#CCCO)c1. The molecule has 3 heteroatoms. The number of aryl methyl sites for hydroxylation is 1. The van der Waals surface area contributed by atoms with Gasteiger partial charge in [0.2, 0.25) is 0 Å².